The SMILES string of the molecule is CC1(C)O[C@H]2O[C@H](C(O)CN(CC(O)[C@H]3O[C@@H]4OC(C)(C)O[C@@H]4[C@H]3N=[N+]=[N-])[C@@H]3C[C@H](N(CC(O)[C@H]4O[C@@H]5OC(C)(C)O[C@@H]5[C@H]4N=[N+]=[N-])CC(O)[C@H]4O[C@@H]5OC(C)(C)O[C@@H]5[C@H]4N=[N+]=[N-])[C@@H](O)C(O)[C@H]3O)[C@H](N=[N+]=[N-])[C@H]2O1. The monoisotopic (exact) mass is 1070 g/mol. The third-order valence-corrected chi connectivity index (χ3v) is 15.1. The molecule has 8 saturated heterocycles. The smallest absolute Gasteiger partial charge is 0.188 e. The van der Waals surface area contributed by atoms with Crippen molar-refractivity contribution in [2.75, 3.05) is 26.2 Å². The fourth-order valence-electron chi connectivity index (χ4n) is 12.1. The van der Waals surface area contributed by atoms with Crippen LogP contribution in [0, 0.1) is 0 Å². The molecule has 418 valence electrons. The molecule has 8 aliphatic heterocycles. The van der Waals surface area contributed by atoms with Gasteiger partial charge in [-0.25, -0.2) is 0 Å². The second-order valence-electron chi connectivity index (χ2n) is 22.1. The predicted octanol–water partition coefficient (Wildman–Crippen LogP) is -0.521. The van der Waals surface area contributed by atoms with Gasteiger partial charge in [-0.15, -0.1) is 0 Å². The number of hydrogen-bond acceptors (Lipinski definition) is 25. The zero-order valence-electron chi connectivity index (χ0n) is 42.3. The number of hydrogen-bond donors (Lipinski definition) is 7. The van der Waals surface area contributed by atoms with Gasteiger partial charge in [0.1, 0.15) is 30.5 Å². The van der Waals surface area contributed by atoms with E-state index in [4.69, 9.17) is 56.8 Å². The van der Waals surface area contributed by atoms with Crippen molar-refractivity contribution in [3.63, 3.8) is 0 Å². The van der Waals surface area contributed by atoms with E-state index in [1.54, 1.807) is 55.4 Å². The zero-order valence-corrected chi connectivity index (χ0v) is 42.3. The first-order valence-corrected chi connectivity index (χ1v) is 24.7. The molecular weight excluding hydrogens is 1000 g/mol. The van der Waals surface area contributed by atoms with Crippen LogP contribution in [0.15, 0.2) is 20.5 Å². The minimum absolute atomic E-state index is 0.375. The molecule has 8 heterocycles. The molecule has 7 N–H and O–H groups in total. The summed E-state index contributed by atoms with van der Waals surface area (Å²) in [6.07, 6.45) is -26.1. The van der Waals surface area contributed by atoms with E-state index < -0.39 is 202 Å². The Labute approximate surface area is 428 Å². The second-order valence-corrected chi connectivity index (χ2v) is 22.1. The van der Waals surface area contributed by atoms with E-state index in [9.17, 15) is 57.9 Å². The maximum atomic E-state index is 12.1. The lowest BCUT2D eigenvalue weighted by atomic mass is 9.81. The molecule has 0 spiro atoms. The van der Waals surface area contributed by atoms with Crippen molar-refractivity contribution in [1.29, 1.82) is 0 Å². The predicted molar refractivity (Wildman–Crippen MR) is 244 cm³/mol. The van der Waals surface area contributed by atoms with Gasteiger partial charge in [0, 0.05) is 57.9 Å². The maximum absolute atomic E-state index is 12.1. The molecule has 9 fully saturated rings. The molecule has 9 aliphatic rings. The molecule has 33 heteroatoms. The minimum atomic E-state index is -2.02. The molecule has 0 radical (unpaired) electrons. The molecule has 25 atom stereocenters. The molecule has 0 amide bonds. The molecule has 0 aromatic heterocycles. The van der Waals surface area contributed by atoms with Crippen LogP contribution in [0.2, 0.25) is 0 Å². The fraction of sp³-hybridized carbons (Fsp3) is 1.00. The largest absolute Gasteiger partial charge is 0.389 e. The van der Waals surface area contributed by atoms with Crippen LogP contribution in [0.25, 0.3) is 41.8 Å². The summed E-state index contributed by atoms with van der Waals surface area (Å²) in [4.78, 5) is 14.6. The minimum Gasteiger partial charge on any atom is -0.389 e. The quantitative estimate of drug-likeness (QED) is 0.0516. The number of aliphatic hydroxyl groups excluding tert-OH is 7. The second kappa shape index (κ2) is 21.2. The summed E-state index contributed by atoms with van der Waals surface area (Å²) in [5.41, 5.74) is 38.5. The molecule has 1 aliphatic carbocycles. The Bertz CT molecular complexity index is 2000. The number of nitrogens with zero attached hydrogens (tertiary/aromatic N) is 14. The van der Waals surface area contributed by atoms with Gasteiger partial charge >= 0.3 is 0 Å². The van der Waals surface area contributed by atoms with Crippen LogP contribution in [0.5, 0.6) is 0 Å². The van der Waals surface area contributed by atoms with Gasteiger partial charge < -0.3 is 92.6 Å². The lowest BCUT2D eigenvalue weighted by molar-refractivity contribution is -0.223. The summed E-state index contributed by atoms with van der Waals surface area (Å²) in [7, 11) is 0. The van der Waals surface area contributed by atoms with Crippen LogP contribution in [0.3, 0.4) is 0 Å². The van der Waals surface area contributed by atoms with Gasteiger partial charge in [-0.3, -0.25) is 9.80 Å². The molecule has 33 nitrogen and oxygen atoms in total. The van der Waals surface area contributed by atoms with Gasteiger partial charge in [-0.05, 0) is 83.9 Å². The number of ether oxygens (including phenoxy) is 12. The summed E-state index contributed by atoms with van der Waals surface area (Å²) < 4.78 is 71.8. The highest BCUT2D eigenvalue weighted by Crippen LogP contribution is 2.45. The summed E-state index contributed by atoms with van der Waals surface area (Å²) in [6.45, 7) is 10.9. The Balaban J connectivity index is 1.04. The van der Waals surface area contributed by atoms with Gasteiger partial charge in [-0.2, -0.15) is 0 Å². The molecule has 1 saturated carbocycles. The van der Waals surface area contributed by atoms with E-state index in [1.807, 2.05) is 0 Å². The molecule has 9 rings (SSSR count). The summed E-state index contributed by atoms with van der Waals surface area (Å²) >= 11 is 0. The first-order valence-electron chi connectivity index (χ1n) is 24.7. The van der Waals surface area contributed by atoms with E-state index in [2.05, 4.69) is 40.1 Å². The maximum Gasteiger partial charge on any atom is 0.188 e. The van der Waals surface area contributed by atoms with Crippen LogP contribution in [0.1, 0.15) is 61.8 Å². The van der Waals surface area contributed by atoms with Crippen LogP contribution >= 0.6 is 0 Å². The Morgan fingerprint density at radius 1 is 0.413 bits per heavy atom. The molecule has 75 heavy (non-hydrogen) atoms. The van der Waals surface area contributed by atoms with Crippen LogP contribution in [-0.4, -0.2) is 248 Å². The third kappa shape index (κ3) is 11.1. The van der Waals surface area contributed by atoms with Gasteiger partial charge in [-0.1, -0.05) is 20.5 Å². The first kappa shape index (κ1) is 56.1. The van der Waals surface area contributed by atoms with Crippen molar-refractivity contribution >= 4 is 0 Å². The van der Waals surface area contributed by atoms with E-state index >= 15 is 0 Å². The van der Waals surface area contributed by atoms with Gasteiger partial charge in [0.2, 0.25) is 0 Å². The Morgan fingerprint density at radius 2 is 0.640 bits per heavy atom. The number of fused-ring (bicyclic) bond motifs is 4. The standard InChI is InChI=1S/C42H66N14O19/c1-39(2)68-31-20(47-51-43)27(64-35(31)72-39)16(57)10-55(11-17(58)28-21(48-52-44)32-36(65-28)73-40(3,4)69-32)14-9-15(25(62)26(63)24(14)61)56(12-18(59)29-22(49-53-45)33-37(66-29)74-41(5,6)70-33)13-19(60)30-23(50-54-46)34-38(67-30)75-42(7,8)71-34/h14-38,57-63H,9-13H2,1-8H3/t14-,15+,16?,17?,18?,19?,20-,21-,22-,23-,24+,25-,26?,27+,28+,29+,30+,31+,32+,33+,34+,35+,36+,37+,38+/m0/s1. The fourth-order valence-corrected chi connectivity index (χ4v) is 12.1. The third-order valence-electron chi connectivity index (χ3n) is 15.1. The average Bonchev–Trinajstić information content (AvgIpc) is 4.20. The molecule has 0 bridgehead atoms. The van der Waals surface area contributed by atoms with Gasteiger partial charge in [0.05, 0.1) is 85.2 Å². The Hall–Kier alpha value is -3.60. The average molecular weight is 1070 g/mol. The van der Waals surface area contributed by atoms with E-state index in [1.165, 1.54) is 9.80 Å². The lowest BCUT2D eigenvalue weighted by Crippen LogP contribution is -2.67. The molecular formula is C42H66N14O19. The highest BCUT2D eigenvalue weighted by molar-refractivity contribution is 5.09. The van der Waals surface area contributed by atoms with Crippen molar-refractivity contribution in [2.45, 2.75) is 238 Å². The van der Waals surface area contributed by atoms with E-state index in [-0.39, 0.29) is 6.42 Å². The normalized spacial score (nSPS) is 45.1. The van der Waals surface area contributed by atoms with E-state index in [0.717, 1.165) is 0 Å². The Morgan fingerprint density at radius 3 is 0.853 bits per heavy atom. The first-order chi connectivity index (χ1) is 35.3. The van der Waals surface area contributed by atoms with Crippen molar-refractivity contribution in [1.82, 2.24) is 9.80 Å². The number of azide groups is 4. The van der Waals surface area contributed by atoms with Crippen LogP contribution < -0.4 is 0 Å². The number of rotatable bonds is 18. The van der Waals surface area contributed by atoms with Crippen LogP contribution in [-0.2, 0) is 56.8 Å². The van der Waals surface area contributed by atoms with Crippen molar-refractivity contribution in [2.24, 2.45) is 20.5 Å². The molecule has 0 aromatic rings. The van der Waals surface area contributed by atoms with Crippen molar-refractivity contribution in [3.8, 4) is 0 Å². The van der Waals surface area contributed by atoms with Crippen LogP contribution in [0.4, 0.5) is 0 Å². The zero-order chi connectivity index (χ0) is 54.3. The Kier molecular flexibility index (Phi) is 15.9. The van der Waals surface area contributed by atoms with Gasteiger partial charge in [0.25, 0.3) is 0 Å². The lowest BCUT2D eigenvalue weighted by Gasteiger charge is -2.50. The van der Waals surface area contributed by atoms with Crippen molar-refractivity contribution < 1.29 is 92.6 Å². The summed E-state index contributed by atoms with van der Waals surface area (Å²) in [5.74, 6) is -4.57. The van der Waals surface area contributed by atoms with E-state index in [0.29, 0.717) is 0 Å². The van der Waals surface area contributed by atoms with Crippen molar-refractivity contribution in [3.05, 3.63) is 41.8 Å². The van der Waals surface area contributed by atoms with Gasteiger partial charge in [0.15, 0.2) is 48.3 Å². The molecule has 0 aromatic carbocycles. The summed E-state index contributed by atoms with van der Waals surface area (Å²) in [6, 6.07) is -7.38. The summed E-state index contributed by atoms with van der Waals surface area (Å²) in [5, 5.41) is 100. The molecule has 5 unspecified atom stereocenters. The number of aliphatic hydroxyl groups is 7. The highest BCUT2D eigenvalue weighted by Gasteiger charge is 2.61. The highest BCUT2D eigenvalue weighted by atomic mass is 16.9. The topological polar surface area (TPSA) is 454 Å².